The standard InChI is InChI=1S/C17H25N3O3S/c1-24(22,23)20(14-11-12-14)16-10-6-5-9-15(16)19-17(21)18-13-7-3-2-4-8-13/h5-6,9-10,13-14H,2-4,7-8,11-12H2,1H3,(H2,18,19,21). The number of sulfonamides is 1. The minimum Gasteiger partial charge on any atom is -0.335 e. The number of carbonyl (C=O) groups is 1. The van der Waals surface area contributed by atoms with Crippen LogP contribution in [0.25, 0.3) is 0 Å². The summed E-state index contributed by atoms with van der Waals surface area (Å²) in [5.74, 6) is 0. The molecule has 0 aliphatic heterocycles. The molecule has 0 bridgehead atoms. The molecule has 2 aliphatic carbocycles. The number of anilines is 2. The second-order valence-electron chi connectivity index (χ2n) is 6.74. The van der Waals surface area contributed by atoms with Crippen LogP contribution in [0, 0.1) is 0 Å². The van der Waals surface area contributed by atoms with E-state index in [0.29, 0.717) is 11.4 Å². The first kappa shape index (κ1) is 17.1. The molecular weight excluding hydrogens is 326 g/mol. The van der Waals surface area contributed by atoms with Crippen LogP contribution in [0.3, 0.4) is 0 Å². The summed E-state index contributed by atoms with van der Waals surface area (Å²) >= 11 is 0. The lowest BCUT2D eigenvalue weighted by molar-refractivity contribution is 0.244. The summed E-state index contributed by atoms with van der Waals surface area (Å²) < 4.78 is 25.8. The molecule has 2 aliphatic rings. The molecule has 7 heteroatoms. The van der Waals surface area contributed by atoms with Gasteiger partial charge in [0.15, 0.2) is 0 Å². The van der Waals surface area contributed by atoms with E-state index in [1.165, 1.54) is 17.0 Å². The molecule has 3 rings (SSSR count). The van der Waals surface area contributed by atoms with Crippen LogP contribution >= 0.6 is 0 Å². The highest BCUT2D eigenvalue weighted by Gasteiger charge is 2.36. The van der Waals surface area contributed by atoms with E-state index in [-0.39, 0.29) is 18.1 Å². The van der Waals surface area contributed by atoms with Crippen molar-refractivity contribution in [1.82, 2.24) is 5.32 Å². The highest BCUT2D eigenvalue weighted by molar-refractivity contribution is 7.92. The number of hydrogen-bond donors (Lipinski definition) is 2. The van der Waals surface area contributed by atoms with Crippen LogP contribution in [0.1, 0.15) is 44.9 Å². The maximum atomic E-state index is 12.3. The van der Waals surface area contributed by atoms with Gasteiger partial charge in [-0.05, 0) is 37.8 Å². The molecule has 0 radical (unpaired) electrons. The first-order chi connectivity index (χ1) is 11.4. The van der Waals surface area contributed by atoms with E-state index < -0.39 is 10.0 Å². The quantitative estimate of drug-likeness (QED) is 0.856. The molecule has 0 atom stereocenters. The number of rotatable bonds is 5. The average Bonchev–Trinajstić information content (AvgIpc) is 3.33. The van der Waals surface area contributed by atoms with Crippen molar-refractivity contribution in [1.29, 1.82) is 0 Å². The molecule has 6 nitrogen and oxygen atoms in total. The van der Waals surface area contributed by atoms with Gasteiger partial charge in [-0.1, -0.05) is 31.4 Å². The number of nitrogens with one attached hydrogen (secondary N) is 2. The summed E-state index contributed by atoms with van der Waals surface area (Å²) in [6, 6.07) is 7.03. The van der Waals surface area contributed by atoms with Crippen LogP contribution in [-0.4, -0.2) is 32.8 Å². The van der Waals surface area contributed by atoms with Gasteiger partial charge >= 0.3 is 6.03 Å². The Kier molecular flexibility index (Phi) is 4.99. The van der Waals surface area contributed by atoms with Crippen molar-refractivity contribution < 1.29 is 13.2 Å². The molecule has 132 valence electrons. The molecule has 0 spiro atoms. The molecule has 0 aromatic heterocycles. The maximum Gasteiger partial charge on any atom is 0.319 e. The van der Waals surface area contributed by atoms with Gasteiger partial charge in [0.2, 0.25) is 10.0 Å². The van der Waals surface area contributed by atoms with Gasteiger partial charge < -0.3 is 10.6 Å². The van der Waals surface area contributed by atoms with Gasteiger partial charge in [-0.15, -0.1) is 0 Å². The Bertz CT molecular complexity index is 695. The van der Waals surface area contributed by atoms with Crippen LogP contribution < -0.4 is 14.9 Å². The molecule has 2 N–H and O–H groups in total. The number of amides is 2. The Morgan fingerprint density at radius 2 is 1.75 bits per heavy atom. The predicted molar refractivity (Wildman–Crippen MR) is 95.8 cm³/mol. The van der Waals surface area contributed by atoms with Crippen molar-refractivity contribution in [2.45, 2.75) is 57.0 Å². The molecule has 0 unspecified atom stereocenters. The van der Waals surface area contributed by atoms with Gasteiger partial charge in [-0.2, -0.15) is 0 Å². The summed E-state index contributed by atoms with van der Waals surface area (Å²) in [5, 5.41) is 5.84. The molecule has 2 saturated carbocycles. The summed E-state index contributed by atoms with van der Waals surface area (Å²) in [5.41, 5.74) is 1.07. The van der Waals surface area contributed by atoms with Gasteiger partial charge in [0, 0.05) is 12.1 Å². The Hall–Kier alpha value is -1.76. The monoisotopic (exact) mass is 351 g/mol. The van der Waals surface area contributed by atoms with Crippen molar-refractivity contribution in [3.05, 3.63) is 24.3 Å². The number of urea groups is 1. The largest absolute Gasteiger partial charge is 0.335 e. The number of hydrogen-bond acceptors (Lipinski definition) is 3. The van der Waals surface area contributed by atoms with Crippen molar-refractivity contribution in [3.63, 3.8) is 0 Å². The Morgan fingerprint density at radius 3 is 2.38 bits per heavy atom. The topological polar surface area (TPSA) is 78.5 Å². The van der Waals surface area contributed by atoms with Crippen molar-refractivity contribution in [3.8, 4) is 0 Å². The first-order valence-electron chi connectivity index (χ1n) is 8.61. The highest BCUT2D eigenvalue weighted by atomic mass is 32.2. The molecule has 0 saturated heterocycles. The van der Waals surface area contributed by atoms with Gasteiger partial charge in [-0.3, -0.25) is 4.31 Å². The van der Waals surface area contributed by atoms with Crippen LogP contribution in [0.2, 0.25) is 0 Å². The van der Waals surface area contributed by atoms with Gasteiger partial charge in [-0.25, -0.2) is 13.2 Å². The SMILES string of the molecule is CS(=O)(=O)N(c1ccccc1NC(=O)NC1CCCCC1)C1CC1. The molecule has 1 aromatic rings. The minimum atomic E-state index is -3.38. The number of nitrogens with zero attached hydrogens (tertiary/aromatic N) is 1. The van der Waals surface area contributed by atoms with E-state index >= 15 is 0 Å². The number of para-hydroxylation sites is 2. The van der Waals surface area contributed by atoms with Gasteiger partial charge in [0.1, 0.15) is 0 Å². The van der Waals surface area contributed by atoms with Crippen LogP contribution in [0.15, 0.2) is 24.3 Å². The van der Waals surface area contributed by atoms with Crippen molar-refractivity contribution >= 4 is 27.4 Å². The maximum absolute atomic E-state index is 12.3. The lowest BCUT2D eigenvalue weighted by atomic mass is 9.96. The number of carbonyl (C=O) groups excluding carboxylic acids is 1. The number of benzene rings is 1. The fourth-order valence-electron chi connectivity index (χ4n) is 3.32. The van der Waals surface area contributed by atoms with E-state index in [1.54, 1.807) is 24.3 Å². The summed E-state index contributed by atoms with van der Waals surface area (Å²) in [6.07, 6.45) is 8.46. The van der Waals surface area contributed by atoms with Gasteiger partial charge in [0.25, 0.3) is 0 Å². The lowest BCUT2D eigenvalue weighted by Crippen LogP contribution is -2.39. The minimum absolute atomic E-state index is 0.00403. The zero-order chi connectivity index (χ0) is 17.2. The Labute approximate surface area is 143 Å². The third-order valence-electron chi connectivity index (χ3n) is 4.57. The Morgan fingerprint density at radius 1 is 1.08 bits per heavy atom. The Balaban J connectivity index is 1.75. The summed E-state index contributed by atoms with van der Waals surface area (Å²) in [4.78, 5) is 12.3. The molecule has 24 heavy (non-hydrogen) atoms. The first-order valence-corrected chi connectivity index (χ1v) is 10.5. The van der Waals surface area contributed by atoms with E-state index in [9.17, 15) is 13.2 Å². The second-order valence-corrected chi connectivity index (χ2v) is 8.60. The van der Waals surface area contributed by atoms with Crippen LogP contribution in [0.5, 0.6) is 0 Å². The fourth-order valence-corrected chi connectivity index (χ4v) is 4.59. The molecule has 2 amide bonds. The zero-order valence-electron chi connectivity index (χ0n) is 14.0. The predicted octanol–water partition coefficient (Wildman–Crippen LogP) is 3.07. The fraction of sp³-hybridized carbons (Fsp3) is 0.588. The van der Waals surface area contributed by atoms with E-state index in [2.05, 4.69) is 10.6 Å². The third-order valence-corrected chi connectivity index (χ3v) is 5.78. The highest BCUT2D eigenvalue weighted by Crippen LogP contribution is 2.37. The van der Waals surface area contributed by atoms with Crippen molar-refractivity contribution in [2.75, 3.05) is 15.9 Å². The lowest BCUT2D eigenvalue weighted by Gasteiger charge is -2.26. The smallest absolute Gasteiger partial charge is 0.319 e. The summed E-state index contributed by atoms with van der Waals surface area (Å²) in [7, 11) is -3.38. The van der Waals surface area contributed by atoms with E-state index in [4.69, 9.17) is 0 Å². The zero-order valence-corrected chi connectivity index (χ0v) is 14.8. The molecular formula is C17H25N3O3S. The second kappa shape index (κ2) is 7.01. The van der Waals surface area contributed by atoms with E-state index in [1.807, 2.05) is 0 Å². The van der Waals surface area contributed by atoms with Crippen LogP contribution in [0.4, 0.5) is 16.2 Å². The molecule has 1 aromatic carbocycles. The third kappa shape index (κ3) is 4.20. The normalized spacial score (nSPS) is 18.9. The average molecular weight is 351 g/mol. The molecule has 2 fully saturated rings. The summed E-state index contributed by atoms with van der Waals surface area (Å²) in [6.45, 7) is 0. The van der Waals surface area contributed by atoms with Crippen LogP contribution in [-0.2, 0) is 10.0 Å². The van der Waals surface area contributed by atoms with E-state index in [0.717, 1.165) is 38.5 Å². The van der Waals surface area contributed by atoms with Gasteiger partial charge in [0.05, 0.1) is 17.6 Å². The van der Waals surface area contributed by atoms with Crippen molar-refractivity contribution in [2.24, 2.45) is 0 Å². The molecule has 0 heterocycles.